The van der Waals surface area contributed by atoms with Gasteiger partial charge in [-0.1, -0.05) is 13.8 Å². The van der Waals surface area contributed by atoms with Gasteiger partial charge in [-0.15, -0.1) is 0 Å². The highest BCUT2D eigenvalue weighted by Gasteiger charge is 2.34. The van der Waals surface area contributed by atoms with Crippen molar-refractivity contribution < 1.29 is 0 Å². The molecule has 2 atom stereocenters. The van der Waals surface area contributed by atoms with E-state index < -0.39 is 0 Å². The monoisotopic (exact) mass is 263 g/mol. The molecule has 2 saturated heterocycles. The normalized spacial score (nSPS) is 27.9. The molecular formula is C14H25N5. The van der Waals surface area contributed by atoms with Gasteiger partial charge in [-0.2, -0.15) is 5.10 Å². The first-order chi connectivity index (χ1) is 9.22. The summed E-state index contributed by atoms with van der Waals surface area (Å²) in [6, 6.07) is 0.704. The van der Waals surface area contributed by atoms with Crippen LogP contribution in [-0.4, -0.2) is 45.3 Å². The molecular weight excluding hydrogens is 238 g/mol. The zero-order chi connectivity index (χ0) is 13.2. The maximum Gasteiger partial charge on any atom is 0.141 e. The van der Waals surface area contributed by atoms with Crippen molar-refractivity contribution >= 4 is 0 Å². The van der Waals surface area contributed by atoms with E-state index in [9.17, 15) is 0 Å². The summed E-state index contributed by atoms with van der Waals surface area (Å²) in [6.07, 6.45) is 4.41. The molecule has 0 bridgehead atoms. The molecule has 106 valence electrons. The van der Waals surface area contributed by atoms with E-state index >= 15 is 0 Å². The highest BCUT2D eigenvalue weighted by atomic mass is 15.4. The van der Waals surface area contributed by atoms with E-state index in [4.69, 9.17) is 0 Å². The molecule has 1 N–H and O–H groups in total. The molecule has 1 aromatic heterocycles. The van der Waals surface area contributed by atoms with Gasteiger partial charge in [-0.3, -0.25) is 4.90 Å². The molecule has 2 aliphatic rings. The number of hydrogen-bond donors (Lipinski definition) is 1. The number of likely N-dealkylation sites (tertiary alicyclic amines) is 1. The van der Waals surface area contributed by atoms with Crippen molar-refractivity contribution in [3.05, 3.63) is 12.2 Å². The average molecular weight is 263 g/mol. The Bertz CT molecular complexity index is 400. The largest absolute Gasteiger partial charge is 0.312 e. The Morgan fingerprint density at radius 3 is 3.11 bits per heavy atom. The molecule has 5 heteroatoms. The van der Waals surface area contributed by atoms with Crippen molar-refractivity contribution in [2.24, 2.45) is 11.8 Å². The summed E-state index contributed by atoms with van der Waals surface area (Å²) in [7, 11) is 0. The van der Waals surface area contributed by atoms with Crippen molar-refractivity contribution in [2.45, 2.75) is 45.8 Å². The van der Waals surface area contributed by atoms with Crippen LogP contribution in [0.4, 0.5) is 0 Å². The van der Waals surface area contributed by atoms with Crippen molar-refractivity contribution in [3.8, 4) is 0 Å². The van der Waals surface area contributed by atoms with Gasteiger partial charge >= 0.3 is 0 Å². The number of aromatic nitrogens is 3. The predicted octanol–water partition coefficient (Wildman–Crippen LogP) is 1.12. The maximum absolute atomic E-state index is 4.44. The van der Waals surface area contributed by atoms with Gasteiger partial charge in [0.15, 0.2) is 0 Å². The van der Waals surface area contributed by atoms with Gasteiger partial charge < -0.3 is 5.32 Å². The molecule has 2 aliphatic heterocycles. The summed E-state index contributed by atoms with van der Waals surface area (Å²) in [5.74, 6) is 2.57. The molecule has 1 aromatic rings. The molecule has 0 spiro atoms. The number of piperidine rings is 1. The van der Waals surface area contributed by atoms with E-state index in [1.165, 1.54) is 32.5 Å². The lowest BCUT2D eigenvalue weighted by molar-refractivity contribution is 0.294. The highest BCUT2D eigenvalue weighted by Crippen LogP contribution is 2.25. The molecule has 2 fully saturated rings. The average Bonchev–Trinajstić information content (AvgIpc) is 2.95. The Morgan fingerprint density at radius 1 is 1.42 bits per heavy atom. The van der Waals surface area contributed by atoms with Crippen molar-refractivity contribution in [2.75, 3.05) is 19.6 Å². The van der Waals surface area contributed by atoms with Crippen molar-refractivity contribution in [1.29, 1.82) is 0 Å². The highest BCUT2D eigenvalue weighted by molar-refractivity contribution is 4.94. The van der Waals surface area contributed by atoms with Crippen LogP contribution in [-0.2, 0) is 13.1 Å². The third kappa shape index (κ3) is 2.98. The van der Waals surface area contributed by atoms with E-state index in [2.05, 4.69) is 38.8 Å². The third-order valence-electron chi connectivity index (χ3n) is 4.27. The van der Waals surface area contributed by atoms with Gasteiger partial charge in [-0.25, -0.2) is 9.67 Å². The third-order valence-corrected chi connectivity index (χ3v) is 4.27. The second kappa shape index (κ2) is 5.59. The number of fused-ring (bicyclic) bond motifs is 1. The Kier molecular flexibility index (Phi) is 3.84. The first kappa shape index (κ1) is 13.1. The number of nitrogens with zero attached hydrogens (tertiary/aromatic N) is 4. The lowest BCUT2D eigenvalue weighted by Crippen LogP contribution is -2.40. The number of hydrogen-bond acceptors (Lipinski definition) is 4. The van der Waals surface area contributed by atoms with Crippen LogP contribution in [0.25, 0.3) is 0 Å². The first-order valence-electron chi connectivity index (χ1n) is 7.55. The van der Waals surface area contributed by atoms with E-state index in [1.807, 2.05) is 0 Å². The van der Waals surface area contributed by atoms with Crippen LogP contribution in [0.15, 0.2) is 6.33 Å². The minimum atomic E-state index is 0.614. The number of rotatable bonds is 4. The number of nitrogens with one attached hydrogen (secondary N) is 1. The Morgan fingerprint density at radius 2 is 2.32 bits per heavy atom. The maximum atomic E-state index is 4.44. The molecule has 0 saturated carbocycles. The second-order valence-corrected chi connectivity index (χ2v) is 6.41. The smallest absolute Gasteiger partial charge is 0.141 e. The van der Waals surface area contributed by atoms with Gasteiger partial charge in [0.05, 0.1) is 6.54 Å². The minimum absolute atomic E-state index is 0.614. The summed E-state index contributed by atoms with van der Waals surface area (Å²) in [5, 5.41) is 8.01. The second-order valence-electron chi connectivity index (χ2n) is 6.41. The molecule has 19 heavy (non-hydrogen) atoms. The SMILES string of the molecule is CC(C)Cn1ncnc1CN1CC2CCCNC2C1. The van der Waals surface area contributed by atoms with Crippen LogP contribution < -0.4 is 5.32 Å². The Hall–Kier alpha value is -0.940. The summed E-state index contributed by atoms with van der Waals surface area (Å²) in [4.78, 5) is 6.98. The molecule has 0 aromatic carbocycles. The van der Waals surface area contributed by atoms with Gasteiger partial charge in [-0.05, 0) is 31.2 Å². The van der Waals surface area contributed by atoms with Crippen LogP contribution >= 0.6 is 0 Å². The molecule has 3 heterocycles. The van der Waals surface area contributed by atoms with Gasteiger partial charge in [0.25, 0.3) is 0 Å². The summed E-state index contributed by atoms with van der Waals surface area (Å²) < 4.78 is 2.07. The van der Waals surface area contributed by atoms with E-state index in [-0.39, 0.29) is 0 Å². The fourth-order valence-electron chi connectivity index (χ4n) is 3.37. The minimum Gasteiger partial charge on any atom is -0.312 e. The van der Waals surface area contributed by atoms with Gasteiger partial charge in [0.1, 0.15) is 12.2 Å². The quantitative estimate of drug-likeness (QED) is 0.884. The van der Waals surface area contributed by atoms with Crippen LogP contribution in [0.3, 0.4) is 0 Å². The van der Waals surface area contributed by atoms with Crippen LogP contribution in [0.5, 0.6) is 0 Å². The molecule has 2 unspecified atom stereocenters. The molecule has 0 radical (unpaired) electrons. The lowest BCUT2D eigenvalue weighted by atomic mass is 9.94. The molecule has 0 aliphatic carbocycles. The zero-order valence-corrected chi connectivity index (χ0v) is 12.0. The lowest BCUT2D eigenvalue weighted by Gasteiger charge is -2.24. The van der Waals surface area contributed by atoms with E-state index in [0.29, 0.717) is 12.0 Å². The molecule has 0 amide bonds. The first-order valence-corrected chi connectivity index (χ1v) is 7.55. The Balaban J connectivity index is 1.61. The summed E-state index contributed by atoms with van der Waals surface area (Å²) >= 11 is 0. The standard InChI is InChI=1S/C14H25N5/c1-11(2)6-19-14(16-10-17-19)9-18-7-12-4-3-5-15-13(12)8-18/h10-13,15H,3-9H2,1-2H3. The van der Waals surface area contributed by atoms with E-state index in [0.717, 1.165) is 24.8 Å². The fourth-order valence-corrected chi connectivity index (χ4v) is 3.37. The van der Waals surface area contributed by atoms with Crippen molar-refractivity contribution in [1.82, 2.24) is 25.0 Å². The van der Waals surface area contributed by atoms with Gasteiger partial charge in [0, 0.05) is 25.7 Å². The molecule has 3 rings (SSSR count). The Labute approximate surface area is 115 Å². The van der Waals surface area contributed by atoms with Crippen LogP contribution in [0.2, 0.25) is 0 Å². The van der Waals surface area contributed by atoms with Crippen LogP contribution in [0.1, 0.15) is 32.5 Å². The zero-order valence-electron chi connectivity index (χ0n) is 12.0. The van der Waals surface area contributed by atoms with E-state index in [1.54, 1.807) is 6.33 Å². The summed E-state index contributed by atoms with van der Waals surface area (Å²) in [5.41, 5.74) is 0. The summed E-state index contributed by atoms with van der Waals surface area (Å²) in [6.45, 7) is 9.93. The predicted molar refractivity (Wildman–Crippen MR) is 74.7 cm³/mol. The van der Waals surface area contributed by atoms with Gasteiger partial charge in [0.2, 0.25) is 0 Å². The topological polar surface area (TPSA) is 46.0 Å². The fraction of sp³-hybridized carbons (Fsp3) is 0.857. The van der Waals surface area contributed by atoms with Crippen LogP contribution in [0, 0.1) is 11.8 Å². The van der Waals surface area contributed by atoms with Crippen molar-refractivity contribution in [3.63, 3.8) is 0 Å². The molecule has 5 nitrogen and oxygen atoms in total.